The normalized spacial score (nSPS) is 14.0. The molecule has 1 aromatic heterocycles. The first-order valence-corrected chi connectivity index (χ1v) is 7.70. The van der Waals surface area contributed by atoms with Gasteiger partial charge in [-0.3, -0.25) is 0 Å². The zero-order chi connectivity index (χ0) is 14.7. The maximum Gasteiger partial charge on any atom is 0.122 e. The lowest BCUT2D eigenvalue weighted by Gasteiger charge is -2.27. The molecular formula is C16H22N2OS. The first kappa shape index (κ1) is 14.9. The smallest absolute Gasteiger partial charge is 0.122 e. The standard InChI is InChI=1S/C16H22N2OS/c1-11(9-14-5-4-8-20-14)18(3)13-6-7-15(12(2)17)16(19)10-13/h4-8,10-12,19H,9,17H2,1-3H3. The largest absolute Gasteiger partial charge is 0.508 e. The molecule has 2 atom stereocenters. The zero-order valence-corrected chi connectivity index (χ0v) is 13.0. The van der Waals surface area contributed by atoms with E-state index in [9.17, 15) is 5.11 Å². The van der Waals surface area contributed by atoms with Crippen LogP contribution in [0.1, 0.15) is 30.3 Å². The van der Waals surface area contributed by atoms with E-state index in [1.165, 1.54) is 4.88 Å². The van der Waals surface area contributed by atoms with Crippen LogP contribution in [0.25, 0.3) is 0 Å². The van der Waals surface area contributed by atoms with Gasteiger partial charge in [-0.1, -0.05) is 12.1 Å². The Balaban J connectivity index is 2.12. The zero-order valence-electron chi connectivity index (χ0n) is 12.2. The van der Waals surface area contributed by atoms with Crippen LogP contribution < -0.4 is 10.6 Å². The van der Waals surface area contributed by atoms with E-state index in [1.807, 2.05) is 19.1 Å². The monoisotopic (exact) mass is 290 g/mol. The summed E-state index contributed by atoms with van der Waals surface area (Å²) in [5, 5.41) is 12.1. The van der Waals surface area contributed by atoms with Gasteiger partial charge in [-0.25, -0.2) is 0 Å². The van der Waals surface area contributed by atoms with E-state index in [1.54, 1.807) is 17.4 Å². The molecule has 108 valence electrons. The van der Waals surface area contributed by atoms with Crippen LogP contribution in [0.5, 0.6) is 5.75 Å². The minimum absolute atomic E-state index is 0.155. The van der Waals surface area contributed by atoms with Gasteiger partial charge < -0.3 is 15.7 Å². The van der Waals surface area contributed by atoms with Gasteiger partial charge in [-0.05, 0) is 31.4 Å². The SMILES string of the molecule is CC(N)c1ccc(N(C)C(C)Cc2cccs2)cc1O. The Morgan fingerprint density at radius 3 is 2.60 bits per heavy atom. The molecule has 0 bridgehead atoms. The van der Waals surface area contributed by atoms with Gasteiger partial charge in [-0.15, -0.1) is 11.3 Å². The lowest BCUT2D eigenvalue weighted by molar-refractivity contribution is 0.463. The number of phenolic OH excluding ortho intramolecular Hbond substituents is 1. The lowest BCUT2D eigenvalue weighted by Crippen LogP contribution is -2.30. The highest BCUT2D eigenvalue weighted by Crippen LogP contribution is 2.29. The molecule has 4 heteroatoms. The van der Waals surface area contributed by atoms with Gasteiger partial charge in [0, 0.05) is 47.7 Å². The Kier molecular flexibility index (Phi) is 4.68. The van der Waals surface area contributed by atoms with Gasteiger partial charge in [0.05, 0.1) is 0 Å². The van der Waals surface area contributed by atoms with Gasteiger partial charge in [0.15, 0.2) is 0 Å². The number of thiophene rings is 1. The van der Waals surface area contributed by atoms with E-state index in [2.05, 4.69) is 36.4 Å². The molecule has 3 nitrogen and oxygen atoms in total. The Morgan fingerprint density at radius 2 is 2.05 bits per heavy atom. The average molecular weight is 290 g/mol. The predicted octanol–water partition coefficient (Wildman–Crippen LogP) is 3.54. The fraction of sp³-hybridized carbons (Fsp3) is 0.375. The quantitative estimate of drug-likeness (QED) is 0.885. The summed E-state index contributed by atoms with van der Waals surface area (Å²) in [5.41, 5.74) is 7.61. The van der Waals surface area contributed by atoms with Crippen LogP contribution >= 0.6 is 11.3 Å². The summed E-state index contributed by atoms with van der Waals surface area (Å²) in [7, 11) is 2.05. The van der Waals surface area contributed by atoms with Gasteiger partial charge >= 0.3 is 0 Å². The fourth-order valence-corrected chi connectivity index (χ4v) is 3.07. The van der Waals surface area contributed by atoms with Crippen LogP contribution in [-0.2, 0) is 6.42 Å². The summed E-state index contributed by atoms with van der Waals surface area (Å²) < 4.78 is 0. The Morgan fingerprint density at radius 1 is 1.30 bits per heavy atom. The molecule has 0 aliphatic heterocycles. The number of nitrogens with two attached hydrogens (primary N) is 1. The van der Waals surface area contributed by atoms with E-state index in [4.69, 9.17) is 5.73 Å². The van der Waals surface area contributed by atoms with Crippen LogP contribution in [0.4, 0.5) is 5.69 Å². The molecule has 0 radical (unpaired) electrons. The maximum atomic E-state index is 10.0. The minimum atomic E-state index is -0.155. The Labute approximate surface area is 124 Å². The van der Waals surface area contributed by atoms with E-state index in [-0.39, 0.29) is 11.8 Å². The molecule has 1 heterocycles. The number of aromatic hydroxyl groups is 1. The van der Waals surface area contributed by atoms with E-state index < -0.39 is 0 Å². The highest BCUT2D eigenvalue weighted by molar-refractivity contribution is 7.09. The van der Waals surface area contributed by atoms with Crippen LogP contribution in [0, 0.1) is 0 Å². The van der Waals surface area contributed by atoms with E-state index in [0.717, 1.165) is 17.7 Å². The third kappa shape index (κ3) is 3.32. The van der Waals surface area contributed by atoms with Gasteiger partial charge in [0.1, 0.15) is 5.75 Å². The second kappa shape index (κ2) is 6.29. The third-order valence-corrected chi connectivity index (χ3v) is 4.55. The molecule has 0 amide bonds. The van der Waals surface area contributed by atoms with Crippen molar-refractivity contribution < 1.29 is 5.11 Å². The van der Waals surface area contributed by atoms with Crippen LogP contribution in [-0.4, -0.2) is 18.2 Å². The highest BCUT2D eigenvalue weighted by Gasteiger charge is 2.14. The molecule has 2 aromatic rings. The number of likely N-dealkylation sites (N-methyl/N-ethyl adjacent to an activating group) is 1. The van der Waals surface area contributed by atoms with Crippen LogP contribution in [0.15, 0.2) is 35.7 Å². The molecule has 20 heavy (non-hydrogen) atoms. The van der Waals surface area contributed by atoms with Crippen molar-refractivity contribution >= 4 is 17.0 Å². The summed E-state index contributed by atoms with van der Waals surface area (Å²) >= 11 is 1.78. The minimum Gasteiger partial charge on any atom is -0.508 e. The van der Waals surface area contributed by atoms with Crippen LogP contribution in [0.2, 0.25) is 0 Å². The third-order valence-electron chi connectivity index (χ3n) is 3.65. The Hall–Kier alpha value is -1.52. The van der Waals surface area contributed by atoms with Crippen LogP contribution in [0.3, 0.4) is 0 Å². The molecule has 0 spiro atoms. The molecule has 0 saturated heterocycles. The molecule has 3 N–H and O–H groups in total. The molecular weight excluding hydrogens is 268 g/mol. The molecule has 0 saturated carbocycles. The molecule has 2 rings (SSSR count). The second-order valence-corrected chi connectivity index (χ2v) is 6.31. The number of nitrogens with zero attached hydrogens (tertiary/aromatic N) is 1. The highest BCUT2D eigenvalue weighted by atomic mass is 32.1. The summed E-state index contributed by atoms with van der Waals surface area (Å²) in [4.78, 5) is 3.56. The number of hydrogen-bond acceptors (Lipinski definition) is 4. The van der Waals surface area contributed by atoms with Crippen molar-refractivity contribution in [1.29, 1.82) is 0 Å². The lowest BCUT2D eigenvalue weighted by atomic mass is 10.1. The van der Waals surface area contributed by atoms with E-state index >= 15 is 0 Å². The number of benzene rings is 1. The second-order valence-electron chi connectivity index (χ2n) is 5.28. The van der Waals surface area contributed by atoms with Crippen molar-refractivity contribution in [2.75, 3.05) is 11.9 Å². The Bertz CT molecular complexity index is 552. The van der Waals surface area contributed by atoms with Crippen molar-refractivity contribution in [3.8, 4) is 5.75 Å². The van der Waals surface area contributed by atoms with Crippen molar-refractivity contribution in [2.24, 2.45) is 5.73 Å². The first-order valence-electron chi connectivity index (χ1n) is 6.82. The number of rotatable bonds is 5. The maximum absolute atomic E-state index is 10.0. The summed E-state index contributed by atoms with van der Waals surface area (Å²) in [6.45, 7) is 4.06. The van der Waals surface area contributed by atoms with E-state index in [0.29, 0.717) is 6.04 Å². The molecule has 2 unspecified atom stereocenters. The van der Waals surface area contributed by atoms with Crippen molar-refractivity contribution in [1.82, 2.24) is 0 Å². The summed E-state index contributed by atoms with van der Waals surface area (Å²) in [5.74, 6) is 0.271. The average Bonchev–Trinajstić information content (AvgIpc) is 2.90. The number of hydrogen-bond donors (Lipinski definition) is 2. The summed E-state index contributed by atoms with van der Waals surface area (Å²) in [6.07, 6.45) is 1.00. The molecule has 1 aromatic carbocycles. The van der Waals surface area contributed by atoms with Crippen molar-refractivity contribution in [2.45, 2.75) is 32.4 Å². The van der Waals surface area contributed by atoms with Crippen molar-refractivity contribution in [3.05, 3.63) is 46.2 Å². The van der Waals surface area contributed by atoms with Gasteiger partial charge in [0.25, 0.3) is 0 Å². The summed E-state index contributed by atoms with van der Waals surface area (Å²) in [6, 6.07) is 10.2. The molecule has 0 aliphatic carbocycles. The van der Waals surface area contributed by atoms with Gasteiger partial charge in [0.2, 0.25) is 0 Å². The topological polar surface area (TPSA) is 49.5 Å². The van der Waals surface area contributed by atoms with Crippen molar-refractivity contribution in [3.63, 3.8) is 0 Å². The predicted molar refractivity (Wildman–Crippen MR) is 86.6 cm³/mol. The molecule has 0 fully saturated rings. The van der Waals surface area contributed by atoms with Gasteiger partial charge in [-0.2, -0.15) is 0 Å². The number of phenols is 1. The molecule has 0 aliphatic rings. The first-order chi connectivity index (χ1) is 9.49. The fourth-order valence-electron chi connectivity index (χ4n) is 2.25. The number of anilines is 1.